The molecule has 16 heavy (non-hydrogen) atoms. The van der Waals surface area contributed by atoms with Gasteiger partial charge in [0.05, 0.1) is 0 Å². The molecular weight excluding hydrogens is 192 g/mol. The van der Waals surface area contributed by atoms with Gasteiger partial charge in [-0.1, -0.05) is 55.1 Å². The van der Waals surface area contributed by atoms with Crippen LogP contribution in [0.15, 0.2) is 48.5 Å². The monoisotopic (exact) mass is 209 g/mol. The Morgan fingerprint density at radius 3 is 2.56 bits per heavy atom. The Hall–Kier alpha value is -1.56. The zero-order valence-corrected chi connectivity index (χ0v) is 9.52. The summed E-state index contributed by atoms with van der Waals surface area (Å²) in [4.78, 5) is 0. The fraction of sp³-hybridized carbons (Fsp3) is 0.250. The van der Waals surface area contributed by atoms with Crippen LogP contribution in [0.2, 0.25) is 0 Å². The highest BCUT2D eigenvalue weighted by molar-refractivity contribution is 5.82. The number of allylic oxidation sites excluding steroid dienone is 1. The summed E-state index contributed by atoms with van der Waals surface area (Å²) in [7, 11) is 0. The molecule has 0 heteroatoms. The van der Waals surface area contributed by atoms with Crippen molar-refractivity contribution in [3.63, 3.8) is 0 Å². The molecular formula is C16H17. The molecule has 0 atom stereocenters. The molecule has 0 spiro atoms. The fourth-order valence-corrected chi connectivity index (χ4v) is 1.99. The third-order valence-corrected chi connectivity index (χ3v) is 2.90. The topological polar surface area (TPSA) is 0 Å². The molecule has 0 N–H and O–H groups in total. The summed E-state index contributed by atoms with van der Waals surface area (Å²) in [5.74, 6) is 0. The zero-order valence-electron chi connectivity index (χ0n) is 9.52. The molecule has 2 aromatic carbocycles. The van der Waals surface area contributed by atoms with Gasteiger partial charge in [-0.05, 0) is 42.0 Å². The van der Waals surface area contributed by atoms with Crippen molar-refractivity contribution in [2.24, 2.45) is 0 Å². The molecule has 0 saturated heterocycles. The Balaban J connectivity index is 2.05. The average Bonchev–Trinajstić information content (AvgIpc) is 2.34. The van der Waals surface area contributed by atoms with Crippen LogP contribution in [0.5, 0.6) is 0 Å². The Morgan fingerprint density at radius 2 is 1.75 bits per heavy atom. The number of rotatable bonds is 5. The van der Waals surface area contributed by atoms with Crippen LogP contribution >= 0.6 is 0 Å². The van der Waals surface area contributed by atoms with Gasteiger partial charge in [0.2, 0.25) is 0 Å². The molecule has 0 fully saturated rings. The zero-order chi connectivity index (χ0) is 11.2. The molecule has 0 saturated carbocycles. The maximum absolute atomic E-state index is 5.36. The van der Waals surface area contributed by atoms with E-state index in [9.17, 15) is 0 Å². The van der Waals surface area contributed by atoms with Gasteiger partial charge >= 0.3 is 0 Å². The van der Waals surface area contributed by atoms with Gasteiger partial charge in [0, 0.05) is 0 Å². The van der Waals surface area contributed by atoms with E-state index < -0.39 is 0 Å². The maximum atomic E-state index is 5.36. The molecule has 0 aliphatic heterocycles. The van der Waals surface area contributed by atoms with Crippen LogP contribution in [0.25, 0.3) is 10.8 Å². The quantitative estimate of drug-likeness (QED) is 0.634. The van der Waals surface area contributed by atoms with Gasteiger partial charge in [0.25, 0.3) is 0 Å². The first-order chi connectivity index (χ1) is 7.90. The predicted octanol–water partition coefficient (Wildman–Crippen LogP) is 4.54. The van der Waals surface area contributed by atoms with E-state index in [1.807, 2.05) is 0 Å². The van der Waals surface area contributed by atoms with E-state index in [2.05, 4.69) is 42.5 Å². The van der Waals surface area contributed by atoms with Crippen LogP contribution in [0.1, 0.15) is 24.8 Å². The van der Waals surface area contributed by atoms with Gasteiger partial charge in [-0.25, -0.2) is 0 Å². The first-order valence-electron chi connectivity index (χ1n) is 5.91. The van der Waals surface area contributed by atoms with E-state index in [1.165, 1.54) is 29.2 Å². The Kier molecular flexibility index (Phi) is 3.76. The molecule has 0 unspecified atom stereocenters. The molecule has 0 bridgehead atoms. The number of benzene rings is 2. The van der Waals surface area contributed by atoms with Crippen molar-refractivity contribution in [2.45, 2.75) is 25.7 Å². The van der Waals surface area contributed by atoms with E-state index in [-0.39, 0.29) is 0 Å². The number of hydrogen-bond acceptors (Lipinski definition) is 0. The Bertz CT molecular complexity index is 468. The molecule has 0 aliphatic carbocycles. The van der Waals surface area contributed by atoms with Crippen LogP contribution in [0, 0.1) is 6.58 Å². The van der Waals surface area contributed by atoms with Crippen molar-refractivity contribution >= 4 is 10.8 Å². The molecule has 0 aliphatic rings. The van der Waals surface area contributed by atoms with Crippen LogP contribution in [-0.2, 0) is 6.42 Å². The van der Waals surface area contributed by atoms with Crippen LogP contribution in [0.3, 0.4) is 0 Å². The summed E-state index contributed by atoms with van der Waals surface area (Å²) in [6.07, 6.45) is 6.32. The summed E-state index contributed by atoms with van der Waals surface area (Å²) in [5.41, 5.74) is 1.43. The lowest BCUT2D eigenvalue weighted by molar-refractivity contribution is 0.748. The predicted molar refractivity (Wildman–Crippen MR) is 70.4 cm³/mol. The van der Waals surface area contributed by atoms with Gasteiger partial charge in [-0.2, -0.15) is 0 Å². The summed E-state index contributed by atoms with van der Waals surface area (Å²) in [6, 6.07) is 15.2. The third kappa shape index (κ3) is 2.73. The van der Waals surface area contributed by atoms with Crippen LogP contribution < -0.4 is 0 Å². The van der Waals surface area contributed by atoms with E-state index >= 15 is 0 Å². The minimum Gasteiger partial charge on any atom is -0.0845 e. The van der Waals surface area contributed by atoms with Crippen molar-refractivity contribution < 1.29 is 0 Å². The molecule has 2 aromatic rings. The van der Waals surface area contributed by atoms with Crippen LogP contribution in [-0.4, -0.2) is 0 Å². The van der Waals surface area contributed by atoms with E-state index in [0.717, 1.165) is 12.8 Å². The van der Waals surface area contributed by atoms with E-state index in [4.69, 9.17) is 6.58 Å². The lowest BCUT2D eigenvalue weighted by Crippen LogP contribution is -1.85. The molecule has 81 valence electrons. The molecule has 0 aromatic heterocycles. The second kappa shape index (κ2) is 5.50. The number of fused-ring (bicyclic) bond motifs is 1. The fourth-order valence-electron chi connectivity index (χ4n) is 1.99. The summed E-state index contributed by atoms with van der Waals surface area (Å²) >= 11 is 0. The first kappa shape index (κ1) is 10.9. The molecule has 1 radical (unpaired) electrons. The van der Waals surface area contributed by atoms with Crippen molar-refractivity contribution in [3.8, 4) is 0 Å². The summed E-state index contributed by atoms with van der Waals surface area (Å²) in [5, 5.41) is 2.66. The van der Waals surface area contributed by atoms with E-state index in [1.54, 1.807) is 6.08 Å². The highest BCUT2D eigenvalue weighted by atomic mass is 14.0. The Morgan fingerprint density at radius 1 is 0.938 bits per heavy atom. The molecule has 0 nitrogen and oxygen atoms in total. The van der Waals surface area contributed by atoms with Gasteiger partial charge in [0.1, 0.15) is 0 Å². The number of unbranched alkanes of at least 4 members (excludes halogenated alkanes) is 2. The van der Waals surface area contributed by atoms with Gasteiger partial charge in [-0.15, -0.1) is 0 Å². The molecule has 2 rings (SSSR count). The standard InChI is InChI=1S/C16H17/c1-2-3-4-5-8-14-11-12-15-9-6-7-10-16(15)13-14/h1-2,6-7,9-13H,3-5,8H2. The lowest BCUT2D eigenvalue weighted by atomic mass is 10.0. The lowest BCUT2D eigenvalue weighted by Gasteiger charge is -2.03. The van der Waals surface area contributed by atoms with E-state index in [0.29, 0.717) is 0 Å². The molecule has 0 amide bonds. The second-order valence-corrected chi connectivity index (χ2v) is 4.16. The smallest absolute Gasteiger partial charge is 0.0181 e. The molecule has 0 heterocycles. The van der Waals surface area contributed by atoms with Crippen LogP contribution in [0.4, 0.5) is 0 Å². The number of aryl methyl sites for hydroxylation is 1. The highest BCUT2D eigenvalue weighted by Gasteiger charge is 1.96. The summed E-state index contributed by atoms with van der Waals surface area (Å²) < 4.78 is 0. The van der Waals surface area contributed by atoms with Gasteiger partial charge in [-0.3, -0.25) is 0 Å². The number of hydrogen-bond donors (Lipinski definition) is 0. The minimum atomic E-state index is 1.02. The third-order valence-electron chi connectivity index (χ3n) is 2.90. The van der Waals surface area contributed by atoms with Crippen molar-refractivity contribution in [2.75, 3.05) is 0 Å². The summed E-state index contributed by atoms with van der Waals surface area (Å²) in [6.45, 7) is 5.36. The SMILES string of the molecule is [CH]=CCCCCc1ccc2ccccc2c1. The maximum Gasteiger partial charge on any atom is -0.0181 e. The average molecular weight is 209 g/mol. The van der Waals surface area contributed by atoms with Crippen molar-refractivity contribution in [3.05, 3.63) is 60.7 Å². The van der Waals surface area contributed by atoms with Crippen molar-refractivity contribution in [1.29, 1.82) is 0 Å². The second-order valence-electron chi connectivity index (χ2n) is 4.16. The first-order valence-corrected chi connectivity index (χ1v) is 5.91. The minimum absolute atomic E-state index is 1.02. The largest absolute Gasteiger partial charge is 0.0845 e. The van der Waals surface area contributed by atoms with Gasteiger partial charge in [0.15, 0.2) is 0 Å². The van der Waals surface area contributed by atoms with Crippen molar-refractivity contribution in [1.82, 2.24) is 0 Å². The normalized spacial score (nSPS) is 10.5. The van der Waals surface area contributed by atoms with Gasteiger partial charge < -0.3 is 0 Å². The highest BCUT2D eigenvalue weighted by Crippen LogP contribution is 2.17. The Labute approximate surface area is 97.6 Å².